The van der Waals surface area contributed by atoms with Crippen molar-refractivity contribution in [3.8, 4) is 0 Å². The van der Waals surface area contributed by atoms with Crippen LogP contribution in [0.1, 0.15) is 42.1 Å². The molecule has 98 valence electrons. The molecule has 1 aromatic carbocycles. The molecule has 0 bridgehead atoms. The van der Waals surface area contributed by atoms with Crippen LogP contribution in [-0.4, -0.2) is 18.9 Å². The monoisotopic (exact) mass is 249 g/mol. The zero-order chi connectivity index (χ0) is 13.2. The summed E-state index contributed by atoms with van der Waals surface area (Å²) < 4.78 is 13.8. The van der Waals surface area contributed by atoms with Crippen molar-refractivity contribution in [2.24, 2.45) is 5.41 Å². The highest BCUT2D eigenvalue weighted by molar-refractivity contribution is 6.01. The van der Waals surface area contributed by atoms with Crippen LogP contribution in [0.5, 0.6) is 0 Å². The van der Waals surface area contributed by atoms with E-state index in [1.165, 1.54) is 6.07 Å². The third kappa shape index (κ3) is 2.32. The third-order valence-electron chi connectivity index (χ3n) is 3.82. The number of ketones is 1. The maximum Gasteiger partial charge on any atom is 0.173 e. The summed E-state index contributed by atoms with van der Waals surface area (Å²) in [5.41, 5.74) is 0.785. The van der Waals surface area contributed by atoms with E-state index in [1.54, 1.807) is 12.1 Å². The number of benzene rings is 1. The van der Waals surface area contributed by atoms with Gasteiger partial charge in [-0.2, -0.15) is 0 Å². The molecular weight excluding hydrogens is 229 g/mol. The Hall–Kier alpha value is -1.22. The summed E-state index contributed by atoms with van der Waals surface area (Å²) in [6.07, 6.45) is 2.58. The van der Waals surface area contributed by atoms with Crippen LogP contribution < -0.4 is 5.32 Å². The van der Waals surface area contributed by atoms with Crippen molar-refractivity contribution in [2.75, 3.05) is 13.1 Å². The molecule has 1 saturated heterocycles. The minimum Gasteiger partial charge on any atom is -0.316 e. The zero-order valence-corrected chi connectivity index (χ0v) is 11.1. The average molecular weight is 249 g/mol. The first-order valence-corrected chi connectivity index (χ1v) is 6.61. The van der Waals surface area contributed by atoms with E-state index >= 15 is 0 Å². The fraction of sp³-hybridized carbons (Fsp3) is 0.533. The molecule has 1 aliphatic rings. The van der Waals surface area contributed by atoms with E-state index in [1.807, 2.05) is 6.92 Å². The molecule has 0 saturated carbocycles. The van der Waals surface area contributed by atoms with Gasteiger partial charge in [0.1, 0.15) is 5.82 Å². The molecule has 1 aliphatic heterocycles. The van der Waals surface area contributed by atoms with Crippen molar-refractivity contribution in [1.82, 2.24) is 5.32 Å². The number of hydrogen-bond donors (Lipinski definition) is 1. The second-order valence-corrected chi connectivity index (χ2v) is 5.27. The number of carbonyl (C=O) groups excluding carboxylic acids is 1. The molecule has 1 atom stereocenters. The Bertz CT molecular complexity index is 450. The summed E-state index contributed by atoms with van der Waals surface area (Å²) in [7, 11) is 0. The second-order valence-electron chi connectivity index (χ2n) is 5.27. The molecule has 1 aromatic rings. The van der Waals surface area contributed by atoms with Crippen molar-refractivity contribution in [2.45, 2.75) is 33.1 Å². The van der Waals surface area contributed by atoms with E-state index in [4.69, 9.17) is 0 Å². The Labute approximate surface area is 108 Å². The van der Waals surface area contributed by atoms with E-state index in [-0.39, 0.29) is 11.3 Å². The number of nitrogens with one attached hydrogen (secondary N) is 1. The first-order chi connectivity index (χ1) is 8.59. The highest BCUT2D eigenvalue weighted by Gasteiger charge is 2.41. The van der Waals surface area contributed by atoms with Crippen LogP contribution in [-0.2, 0) is 0 Å². The number of Topliss-reactive ketones (excluding diaryl/α,β-unsaturated/α-hetero) is 1. The van der Waals surface area contributed by atoms with E-state index in [0.717, 1.165) is 31.4 Å². The van der Waals surface area contributed by atoms with Gasteiger partial charge in [0, 0.05) is 12.0 Å². The lowest BCUT2D eigenvalue weighted by Gasteiger charge is -2.26. The molecule has 18 heavy (non-hydrogen) atoms. The van der Waals surface area contributed by atoms with Gasteiger partial charge in [0.2, 0.25) is 0 Å². The Balaban J connectivity index is 2.36. The molecule has 0 aromatic heterocycles. The molecule has 0 spiro atoms. The molecule has 0 aliphatic carbocycles. The first kappa shape index (κ1) is 13.2. The number of rotatable bonds is 4. The van der Waals surface area contributed by atoms with Gasteiger partial charge < -0.3 is 5.32 Å². The molecule has 2 rings (SSSR count). The standard InChI is InChI=1S/C15H20FNO/c1-3-6-15(7-8-17-10-15)14(18)12-9-11(2)4-5-13(12)16/h4-5,9,17H,3,6-8,10H2,1-2H3. The highest BCUT2D eigenvalue weighted by atomic mass is 19.1. The lowest BCUT2D eigenvalue weighted by Crippen LogP contribution is -2.34. The predicted molar refractivity (Wildman–Crippen MR) is 70.3 cm³/mol. The van der Waals surface area contributed by atoms with Gasteiger partial charge in [-0.15, -0.1) is 0 Å². The minimum absolute atomic E-state index is 0.0319. The third-order valence-corrected chi connectivity index (χ3v) is 3.82. The van der Waals surface area contributed by atoms with Gasteiger partial charge >= 0.3 is 0 Å². The number of carbonyl (C=O) groups is 1. The fourth-order valence-corrected chi connectivity index (χ4v) is 2.84. The summed E-state index contributed by atoms with van der Waals surface area (Å²) in [5, 5.41) is 3.24. The van der Waals surface area contributed by atoms with Crippen molar-refractivity contribution in [3.05, 3.63) is 35.1 Å². The first-order valence-electron chi connectivity index (χ1n) is 6.61. The van der Waals surface area contributed by atoms with Crippen molar-refractivity contribution in [1.29, 1.82) is 0 Å². The Morgan fingerprint density at radius 1 is 1.50 bits per heavy atom. The van der Waals surface area contributed by atoms with E-state index in [0.29, 0.717) is 6.54 Å². The van der Waals surface area contributed by atoms with Crippen LogP contribution in [0.3, 0.4) is 0 Å². The zero-order valence-electron chi connectivity index (χ0n) is 11.1. The van der Waals surface area contributed by atoms with Crippen molar-refractivity contribution < 1.29 is 9.18 Å². The largest absolute Gasteiger partial charge is 0.316 e. The maximum absolute atomic E-state index is 13.8. The van der Waals surface area contributed by atoms with E-state index < -0.39 is 11.2 Å². The molecule has 2 nitrogen and oxygen atoms in total. The van der Waals surface area contributed by atoms with Gasteiger partial charge in [-0.3, -0.25) is 4.79 Å². The lowest BCUT2D eigenvalue weighted by molar-refractivity contribution is 0.0797. The molecule has 1 unspecified atom stereocenters. The number of halogens is 1. The van der Waals surface area contributed by atoms with Gasteiger partial charge in [-0.05, 0) is 38.4 Å². The van der Waals surface area contributed by atoms with Crippen LogP contribution in [0.2, 0.25) is 0 Å². The number of hydrogen-bond acceptors (Lipinski definition) is 2. The van der Waals surface area contributed by atoms with Crippen LogP contribution >= 0.6 is 0 Å². The van der Waals surface area contributed by atoms with Crippen LogP contribution in [0.25, 0.3) is 0 Å². The SMILES string of the molecule is CCCC1(C(=O)c2cc(C)ccc2F)CCNC1. The summed E-state index contributed by atoms with van der Waals surface area (Å²) in [5.74, 6) is -0.427. The molecule has 0 amide bonds. The van der Waals surface area contributed by atoms with Gasteiger partial charge in [0.15, 0.2) is 5.78 Å². The highest BCUT2D eigenvalue weighted by Crippen LogP contribution is 2.35. The second kappa shape index (κ2) is 5.19. The Morgan fingerprint density at radius 3 is 2.89 bits per heavy atom. The maximum atomic E-state index is 13.8. The van der Waals surface area contributed by atoms with Gasteiger partial charge in [0.25, 0.3) is 0 Å². The summed E-state index contributed by atoms with van der Waals surface area (Å²) in [4.78, 5) is 12.7. The Morgan fingerprint density at radius 2 is 2.28 bits per heavy atom. The smallest absolute Gasteiger partial charge is 0.173 e. The topological polar surface area (TPSA) is 29.1 Å². The van der Waals surface area contributed by atoms with Gasteiger partial charge in [-0.1, -0.05) is 25.0 Å². The summed E-state index contributed by atoms with van der Waals surface area (Å²) in [6, 6.07) is 4.77. The number of aryl methyl sites for hydroxylation is 1. The van der Waals surface area contributed by atoms with Crippen molar-refractivity contribution in [3.63, 3.8) is 0 Å². The minimum atomic E-state index is -0.399. The average Bonchev–Trinajstić information content (AvgIpc) is 2.82. The fourth-order valence-electron chi connectivity index (χ4n) is 2.84. The molecular formula is C15H20FNO. The molecule has 0 radical (unpaired) electrons. The van der Waals surface area contributed by atoms with E-state index in [9.17, 15) is 9.18 Å². The van der Waals surface area contributed by atoms with Crippen LogP contribution in [0.4, 0.5) is 4.39 Å². The summed E-state index contributed by atoms with van der Waals surface area (Å²) in [6.45, 7) is 5.47. The molecule has 1 heterocycles. The van der Waals surface area contributed by atoms with Crippen LogP contribution in [0.15, 0.2) is 18.2 Å². The van der Waals surface area contributed by atoms with Crippen molar-refractivity contribution >= 4 is 5.78 Å². The van der Waals surface area contributed by atoms with Gasteiger partial charge in [0.05, 0.1) is 5.56 Å². The summed E-state index contributed by atoms with van der Waals surface area (Å²) >= 11 is 0. The lowest BCUT2D eigenvalue weighted by atomic mass is 9.76. The quantitative estimate of drug-likeness (QED) is 0.831. The molecule has 3 heteroatoms. The molecule has 1 N–H and O–H groups in total. The normalized spacial score (nSPS) is 23.3. The van der Waals surface area contributed by atoms with E-state index in [2.05, 4.69) is 12.2 Å². The predicted octanol–water partition coefficient (Wildman–Crippen LogP) is 3.10. The van der Waals surface area contributed by atoms with Gasteiger partial charge in [-0.25, -0.2) is 4.39 Å². The van der Waals surface area contributed by atoms with Crippen LogP contribution in [0, 0.1) is 18.2 Å². The molecule has 1 fully saturated rings. The Kier molecular flexibility index (Phi) is 3.81.